The summed E-state index contributed by atoms with van der Waals surface area (Å²) in [6.45, 7) is 12.2. The Morgan fingerprint density at radius 3 is 2.51 bits per heavy atom. The van der Waals surface area contributed by atoms with Gasteiger partial charge in [0.05, 0.1) is 16.4 Å². The Labute approximate surface area is 225 Å². The molecule has 3 aromatic rings. The fourth-order valence-electron chi connectivity index (χ4n) is 4.41. The van der Waals surface area contributed by atoms with Crippen LogP contribution in [0.5, 0.6) is 0 Å². The number of hydrogen-bond donors (Lipinski definition) is 2. The van der Waals surface area contributed by atoms with Gasteiger partial charge in [-0.15, -0.1) is 5.10 Å². The molecular weight excluding hydrogens is 510 g/mol. The predicted octanol–water partition coefficient (Wildman–Crippen LogP) is 4.34. The van der Waals surface area contributed by atoms with E-state index in [9.17, 15) is 18.4 Å². The Morgan fingerprint density at radius 1 is 1.18 bits per heavy atom. The van der Waals surface area contributed by atoms with E-state index in [0.717, 1.165) is 6.92 Å². The topological polar surface area (TPSA) is 127 Å². The average molecular weight is 545 g/mol. The van der Waals surface area contributed by atoms with E-state index >= 15 is 0 Å². The SMILES string of the molecule is CCc1cc(-n2nc(N3CCC(C)(NC(=O)OC(C)(C)C)C3)c3cnc(NC(C)=O)cc32)nc(C(C)(F)F)n1. The van der Waals surface area contributed by atoms with Crippen molar-refractivity contribution in [3.63, 3.8) is 0 Å². The van der Waals surface area contributed by atoms with E-state index in [-0.39, 0.29) is 17.5 Å². The molecule has 1 fully saturated rings. The largest absolute Gasteiger partial charge is 0.444 e. The van der Waals surface area contributed by atoms with Crippen molar-refractivity contribution in [1.29, 1.82) is 0 Å². The first-order valence-corrected chi connectivity index (χ1v) is 12.8. The van der Waals surface area contributed by atoms with Gasteiger partial charge in [0.15, 0.2) is 11.6 Å². The fourth-order valence-corrected chi connectivity index (χ4v) is 4.41. The van der Waals surface area contributed by atoms with E-state index < -0.39 is 29.0 Å². The van der Waals surface area contributed by atoms with Crippen LogP contribution in [0.4, 0.5) is 25.2 Å². The number of amides is 2. The van der Waals surface area contributed by atoms with Gasteiger partial charge in [0, 0.05) is 51.0 Å². The Morgan fingerprint density at radius 2 is 1.90 bits per heavy atom. The number of nitrogens with zero attached hydrogens (tertiary/aromatic N) is 6. The molecule has 0 aliphatic carbocycles. The second-order valence-corrected chi connectivity index (χ2v) is 11.1. The highest BCUT2D eigenvalue weighted by atomic mass is 19.3. The molecule has 1 atom stereocenters. The first-order valence-electron chi connectivity index (χ1n) is 12.8. The van der Waals surface area contributed by atoms with Crippen molar-refractivity contribution >= 4 is 34.5 Å². The summed E-state index contributed by atoms with van der Waals surface area (Å²) in [5, 5.41) is 11.0. The minimum absolute atomic E-state index is 0.170. The van der Waals surface area contributed by atoms with Crippen molar-refractivity contribution in [3.05, 3.63) is 29.8 Å². The smallest absolute Gasteiger partial charge is 0.408 e. The fraction of sp³-hybridized carbons (Fsp3) is 0.538. The molecule has 0 bridgehead atoms. The van der Waals surface area contributed by atoms with Crippen molar-refractivity contribution in [3.8, 4) is 5.82 Å². The van der Waals surface area contributed by atoms with Gasteiger partial charge in [0.2, 0.25) is 11.7 Å². The quantitative estimate of drug-likeness (QED) is 0.469. The van der Waals surface area contributed by atoms with Crippen molar-refractivity contribution < 1.29 is 23.1 Å². The summed E-state index contributed by atoms with van der Waals surface area (Å²) in [5.41, 5.74) is -0.269. The van der Waals surface area contributed by atoms with Crippen LogP contribution in [0.15, 0.2) is 18.3 Å². The van der Waals surface area contributed by atoms with Crippen LogP contribution in [-0.2, 0) is 21.9 Å². The molecule has 4 rings (SSSR count). The number of aromatic nitrogens is 5. The molecule has 3 aromatic heterocycles. The normalized spacial score (nSPS) is 17.9. The van der Waals surface area contributed by atoms with Crippen LogP contribution in [0.25, 0.3) is 16.7 Å². The second-order valence-electron chi connectivity index (χ2n) is 11.1. The van der Waals surface area contributed by atoms with Gasteiger partial charge in [-0.05, 0) is 40.5 Å². The van der Waals surface area contributed by atoms with E-state index in [4.69, 9.17) is 9.84 Å². The summed E-state index contributed by atoms with van der Waals surface area (Å²) in [6, 6.07) is 3.24. The summed E-state index contributed by atoms with van der Waals surface area (Å²) in [5.74, 6) is -3.16. The Balaban J connectivity index is 1.78. The lowest BCUT2D eigenvalue weighted by atomic mass is 10.0. The van der Waals surface area contributed by atoms with Gasteiger partial charge < -0.3 is 20.3 Å². The average Bonchev–Trinajstić information content (AvgIpc) is 3.36. The molecule has 1 saturated heterocycles. The number of rotatable bonds is 6. The molecular formula is C26H34F2N8O3. The molecule has 2 N–H and O–H groups in total. The second kappa shape index (κ2) is 10.0. The highest BCUT2D eigenvalue weighted by Gasteiger charge is 2.38. The standard InChI is InChI=1S/C26H34F2N8O3/c1-8-16-11-20(32-22(31-16)26(7,27)28)36-18-12-19(30-15(2)37)29-13-17(18)21(34-36)35-10-9-25(6,14-35)33-23(38)39-24(3,4)5/h11-13H,8-10,14H2,1-7H3,(H,33,38)(H,29,30,37). The maximum Gasteiger partial charge on any atom is 0.408 e. The Hall–Kier alpha value is -3.90. The van der Waals surface area contributed by atoms with E-state index in [0.29, 0.717) is 48.3 Å². The van der Waals surface area contributed by atoms with Gasteiger partial charge in [-0.1, -0.05) is 6.92 Å². The lowest BCUT2D eigenvalue weighted by molar-refractivity contribution is -0.114. The lowest BCUT2D eigenvalue weighted by Crippen LogP contribution is -2.49. The number of fused-ring (bicyclic) bond motifs is 1. The van der Waals surface area contributed by atoms with Gasteiger partial charge in [0.25, 0.3) is 0 Å². The molecule has 0 aromatic carbocycles. The van der Waals surface area contributed by atoms with Crippen LogP contribution in [0, 0.1) is 0 Å². The number of carbonyl (C=O) groups excluding carboxylic acids is 2. The molecule has 1 aliphatic heterocycles. The summed E-state index contributed by atoms with van der Waals surface area (Å²) in [6.07, 6.45) is 2.11. The molecule has 1 unspecified atom stereocenters. The van der Waals surface area contributed by atoms with Crippen LogP contribution < -0.4 is 15.5 Å². The molecule has 0 spiro atoms. The molecule has 0 radical (unpaired) electrons. The molecule has 39 heavy (non-hydrogen) atoms. The number of pyridine rings is 1. The molecule has 2 amide bonds. The number of halogens is 2. The zero-order valence-corrected chi connectivity index (χ0v) is 23.2. The monoisotopic (exact) mass is 544 g/mol. The van der Waals surface area contributed by atoms with E-state index in [2.05, 4.69) is 25.6 Å². The molecule has 210 valence electrons. The van der Waals surface area contributed by atoms with Crippen molar-refractivity contribution in [2.45, 2.75) is 78.4 Å². The van der Waals surface area contributed by atoms with E-state index in [1.807, 2.05) is 18.7 Å². The molecule has 11 nitrogen and oxygen atoms in total. The minimum Gasteiger partial charge on any atom is -0.444 e. The first-order chi connectivity index (χ1) is 18.1. The number of anilines is 2. The molecule has 0 saturated carbocycles. The maximum absolute atomic E-state index is 14.3. The number of carbonyl (C=O) groups is 2. The zero-order valence-electron chi connectivity index (χ0n) is 23.2. The summed E-state index contributed by atoms with van der Waals surface area (Å²) >= 11 is 0. The minimum atomic E-state index is -3.25. The summed E-state index contributed by atoms with van der Waals surface area (Å²) < 4.78 is 35.4. The van der Waals surface area contributed by atoms with Gasteiger partial charge in [-0.25, -0.2) is 24.4 Å². The van der Waals surface area contributed by atoms with Crippen LogP contribution in [0.3, 0.4) is 0 Å². The van der Waals surface area contributed by atoms with Crippen LogP contribution in [0.2, 0.25) is 0 Å². The first kappa shape index (κ1) is 28.1. The van der Waals surface area contributed by atoms with E-state index in [1.165, 1.54) is 11.6 Å². The van der Waals surface area contributed by atoms with Crippen LogP contribution >= 0.6 is 0 Å². The van der Waals surface area contributed by atoms with Crippen LogP contribution in [0.1, 0.15) is 66.4 Å². The zero-order chi connectivity index (χ0) is 28.8. The Kier molecular flexibility index (Phi) is 7.21. The number of alkyl halides is 2. The van der Waals surface area contributed by atoms with Crippen LogP contribution in [-0.4, -0.2) is 61.0 Å². The third-order valence-electron chi connectivity index (χ3n) is 6.16. The molecule has 4 heterocycles. The van der Waals surface area contributed by atoms with Crippen molar-refractivity contribution in [2.75, 3.05) is 23.3 Å². The number of hydrogen-bond acceptors (Lipinski definition) is 8. The number of nitrogens with one attached hydrogen (secondary N) is 2. The van der Waals surface area contributed by atoms with Crippen molar-refractivity contribution in [2.24, 2.45) is 0 Å². The van der Waals surface area contributed by atoms with Gasteiger partial charge in [-0.3, -0.25) is 4.79 Å². The van der Waals surface area contributed by atoms with Gasteiger partial charge in [-0.2, -0.15) is 8.78 Å². The highest BCUT2D eigenvalue weighted by molar-refractivity contribution is 5.95. The molecule has 1 aliphatic rings. The number of ether oxygens (including phenoxy) is 1. The third kappa shape index (κ3) is 6.40. The predicted molar refractivity (Wildman–Crippen MR) is 142 cm³/mol. The number of alkyl carbamates (subject to hydrolysis) is 1. The third-order valence-corrected chi connectivity index (χ3v) is 6.16. The number of aryl methyl sites for hydroxylation is 1. The highest BCUT2D eigenvalue weighted by Crippen LogP contribution is 2.34. The summed E-state index contributed by atoms with van der Waals surface area (Å²) in [7, 11) is 0. The van der Waals surface area contributed by atoms with Gasteiger partial charge in [0.1, 0.15) is 11.4 Å². The lowest BCUT2D eigenvalue weighted by Gasteiger charge is -2.28. The van der Waals surface area contributed by atoms with E-state index in [1.54, 1.807) is 39.1 Å². The molecule has 13 heteroatoms. The maximum atomic E-state index is 14.3. The van der Waals surface area contributed by atoms with Crippen molar-refractivity contribution in [1.82, 2.24) is 30.0 Å². The summed E-state index contributed by atoms with van der Waals surface area (Å²) in [4.78, 5) is 38.6. The van der Waals surface area contributed by atoms with Gasteiger partial charge >= 0.3 is 12.0 Å². The Bertz CT molecular complexity index is 1410.